The van der Waals surface area contributed by atoms with Gasteiger partial charge in [-0.1, -0.05) is 12.1 Å². The lowest BCUT2D eigenvalue weighted by Crippen LogP contribution is -2.18. The van der Waals surface area contributed by atoms with E-state index < -0.39 is 0 Å². The fourth-order valence-corrected chi connectivity index (χ4v) is 2.10. The average molecular weight is 247 g/mol. The predicted octanol–water partition coefficient (Wildman–Crippen LogP) is 2.69. The van der Waals surface area contributed by atoms with E-state index in [0.29, 0.717) is 0 Å². The average Bonchev–Trinajstić information content (AvgIpc) is 2.77. The molecule has 0 aliphatic rings. The maximum absolute atomic E-state index is 5.75. The topological polar surface area (TPSA) is 54.7 Å². The monoisotopic (exact) mass is 247 g/mol. The molecule has 2 aromatic rings. The summed E-state index contributed by atoms with van der Waals surface area (Å²) in [4.78, 5) is 8.90. The highest BCUT2D eigenvalue weighted by Crippen LogP contribution is 2.21. The number of aromatic amines is 1. The number of rotatable bonds is 4. The molecule has 2 rings (SSSR count). The van der Waals surface area contributed by atoms with Crippen molar-refractivity contribution in [3.63, 3.8) is 0 Å². The van der Waals surface area contributed by atoms with Crippen molar-refractivity contribution < 1.29 is 0 Å². The molecule has 1 aromatic heterocycles. The van der Waals surface area contributed by atoms with Crippen molar-refractivity contribution >= 4 is 11.8 Å². The zero-order valence-electron chi connectivity index (χ0n) is 10.1. The molecule has 0 saturated carbocycles. The first-order valence-electron chi connectivity index (χ1n) is 5.63. The van der Waals surface area contributed by atoms with Crippen molar-refractivity contribution in [3.05, 3.63) is 36.3 Å². The summed E-state index contributed by atoms with van der Waals surface area (Å²) in [6, 6.07) is 8.58. The summed E-state index contributed by atoms with van der Waals surface area (Å²) in [6.07, 6.45) is 4.72. The van der Waals surface area contributed by atoms with E-state index >= 15 is 0 Å². The minimum absolute atomic E-state index is 0.132. The van der Waals surface area contributed by atoms with Crippen LogP contribution >= 0.6 is 11.8 Å². The number of nitrogens with one attached hydrogen (secondary N) is 1. The lowest BCUT2D eigenvalue weighted by Gasteiger charge is -2.01. The third-order valence-electron chi connectivity index (χ3n) is 2.54. The first kappa shape index (κ1) is 12.2. The molecule has 0 saturated heterocycles. The Morgan fingerprint density at radius 1 is 1.35 bits per heavy atom. The van der Waals surface area contributed by atoms with E-state index in [-0.39, 0.29) is 6.04 Å². The van der Waals surface area contributed by atoms with Crippen molar-refractivity contribution in [1.82, 2.24) is 9.97 Å². The fraction of sp³-hybridized carbons (Fsp3) is 0.308. The van der Waals surface area contributed by atoms with E-state index in [2.05, 4.69) is 40.5 Å². The van der Waals surface area contributed by atoms with Gasteiger partial charge in [0.15, 0.2) is 0 Å². The molecule has 0 fully saturated rings. The summed E-state index contributed by atoms with van der Waals surface area (Å²) in [7, 11) is 0. The quantitative estimate of drug-likeness (QED) is 0.817. The Bertz CT molecular complexity index is 474. The fourth-order valence-electron chi connectivity index (χ4n) is 1.69. The minimum Gasteiger partial charge on any atom is -0.342 e. The Kier molecular flexibility index (Phi) is 3.86. The highest BCUT2D eigenvalue weighted by Gasteiger charge is 2.05. The molecule has 4 heteroatoms. The summed E-state index contributed by atoms with van der Waals surface area (Å²) < 4.78 is 0. The molecule has 1 atom stereocenters. The first-order valence-corrected chi connectivity index (χ1v) is 6.85. The number of benzene rings is 1. The number of imidazole rings is 1. The third-order valence-corrected chi connectivity index (χ3v) is 3.29. The SMILES string of the molecule is CSc1ccc(-c2cnc(CC(C)N)[nH]2)cc1. The van der Waals surface area contributed by atoms with Gasteiger partial charge in [0.2, 0.25) is 0 Å². The van der Waals surface area contributed by atoms with Crippen LogP contribution in [0.5, 0.6) is 0 Å². The zero-order chi connectivity index (χ0) is 12.3. The van der Waals surface area contributed by atoms with Crippen LogP contribution in [0.25, 0.3) is 11.3 Å². The molecule has 0 radical (unpaired) electrons. The molecule has 3 N–H and O–H groups in total. The van der Waals surface area contributed by atoms with Gasteiger partial charge in [-0.05, 0) is 30.9 Å². The largest absolute Gasteiger partial charge is 0.342 e. The molecule has 17 heavy (non-hydrogen) atoms. The first-order chi connectivity index (χ1) is 8.19. The van der Waals surface area contributed by atoms with E-state index in [1.807, 2.05) is 13.1 Å². The number of hydrogen-bond donors (Lipinski definition) is 2. The van der Waals surface area contributed by atoms with Gasteiger partial charge in [0.1, 0.15) is 5.82 Å². The van der Waals surface area contributed by atoms with Crippen LogP contribution in [0.1, 0.15) is 12.7 Å². The molecule has 0 spiro atoms. The van der Waals surface area contributed by atoms with Gasteiger partial charge in [0.05, 0.1) is 11.9 Å². The van der Waals surface area contributed by atoms with Crippen LogP contribution in [0.15, 0.2) is 35.4 Å². The molecule has 1 aromatic carbocycles. The summed E-state index contributed by atoms with van der Waals surface area (Å²) in [5.74, 6) is 0.948. The highest BCUT2D eigenvalue weighted by atomic mass is 32.2. The van der Waals surface area contributed by atoms with Gasteiger partial charge in [0.25, 0.3) is 0 Å². The maximum Gasteiger partial charge on any atom is 0.108 e. The van der Waals surface area contributed by atoms with Gasteiger partial charge >= 0.3 is 0 Å². The lowest BCUT2D eigenvalue weighted by atomic mass is 10.2. The summed E-state index contributed by atoms with van der Waals surface area (Å²) in [5.41, 5.74) is 7.96. The number of thioether (sulfide) groups is 1. The van der Waals surface area contributed by atoms with Gasteiger partial charge in [-0.15, -0.1) is 11.8 Å². The summed E-state index contributed by atoms with van der Waals surface area (Å²) in [6.45, 7) is 1.98. The van der Waals surface area contributed by atoms with E-state index in [1.165, 1.54) is 4.90 Å². The van der Waals surface area contributed by atoms with Crippen LogP contribution in [-0.2, 0) is 6.42 Å². The summed E-state index contributed by atoms with van der Waals surface area (Å²) in [5, 5.41) is 0. The van der Waals surface area contributed by atoms with Gasteiger partial charge in [-0.3, -0.25) is 0 Å². The second-order valence-corrected chi connectivity index (χ2v) is 5.03. The van der Waals surface area contributed by atoms with Crippen LogP contribution in [0.4, 0.5) is 0 Å². The lowest BCUT2D eigenvalue weighted by molar-refractivity contribution is 0.710. The Balaban J connectivity index is 2.18. The molecule has 90 valence electrons. The predicted molar refractivity (Wildman–Crippen MR) is 73.2 cm³/mol. The zero-order valence-corrected chi connectivity index (χ0v) is 10.9. The van der Waals surface area contributed by atoms with Crippen LogP contribution < -0.4 is 5.73 Å². The Hall–Kier alpha value is -1.26. The summed E-state index contributed by atoms with van der Waals surface area (Å²) >= 11 is 1.74. The van der Waals surface area contributed by atoms with Gasteiger partial charge in [-0.2, -0.15) is 0 Å². The Morgan fingerprint density at radius 2 is 2.06 bits per heavy atom. The number of nitrogens with zero attached hydrogens (tertiary/aromatic N) is 1. The molecule has 0 amide bonds. The van der Waals surface area contributed by atoms with Crippen molar-refractivity contribution in [2.24, 2.45) is 5.73 Å². The molecule has 1 unspecified atom stereocenters. The van der Waals surface area contributed by atoms with Crippen molar-refractivity contribution in [2.75, 3.05) is 6.26 Å². The molecular weight excluding hydrogens is 230 g/mol. The Labute approximate surface area is 106 Å². The molecular formula is C13H17N3S. The second-order valence-electron chi connectivity index (χ2n) is 4.15. The maximum atomic E-state index is 5.75. The van der Waals surface area contributed by atoms with Crippen molar-refractivity contribution in [3.8, 4) is 11.3 Å². The van der Waals surface area contributed by atoms with Crippen LogP contribution in [0.2, 0.25) is 0 Å². The number of hydrogen-bond acceptors (Lipinski definition) is 3. The molecule has 3 nitrogen and oxygen atoms in total. The van der Waals surface area contributed by atoms with Crippen molar-refractivity contribution in [1.29, 1.82) is 0 Å². The smallest absolute Gasteiger partial charge is 0.108 e. The Morgan fingerprint density at radius 3 is 2.65 bits per heavy atom. The van der Waals surface area contributed by atoms with E-state index in [9.17, 15) is 0 Å². The molecule has 0 aliphatic heterocycles. The van der Waals surface area contributed by atoms with Crippen LogP contribution in [0, 0.1) is 0 Å². The number of H-pyrrole nitrogens is 1. The standard InChI is InChI=1S/C13H17N3S/c1-9(14)7-13-15-8-12(16-13)10-3-5-11(17-2)6-4-10/h3-6,8-9H,7,14H2,1-2H3,(H,15,16). The van der Waals surface area contributed by atoms with E-state index in [4.69, 9.17) is 5.73 Å². The van der Waals surface area contributed by atoms with E-state index in [1.54, 1.807) is 11.8 Å². The van der Waals surface area contributed by atoms with Gasteiger partial charge in [-0.25, -0.2) is 4.98 Å². The highest BCUT2D eigenvalue weighted by molar-refractivity contribution is 7.98. The van der Waals surface area contributed by atoms with Gasteiger partial charge < -0.3 is 10.7 Å². The minimum atomic E-state index is 0.132. The molecule has 0 bridgehead atoms. The molecule has 1 heterocycles. The molecule has 0 aliphatic carbocycles. The number of nitrogens with two attached hydrogens (primary N) is 1. The van der Waals surface area contributed by atoms with Gasteiger partial charge in [0, 0.05) is 17.4 Å². The number of aromatic nitrogens is 2. The van der Waals surface area contributed by atoms with Crippen LogP contribution in [0.3, 0.4) is 0 Å². The second kappa shape index (κ2) is 5.38. The normalized spacial score (nSPS) is 12.6. The third kappa shape index (κ3) is 3.11. The van der Waals surface area contributed by atoms with Crippen LogP contribution in [-0.4, -0.2) is 22.3 Å². The van der Waals surface area contributed by atoms with E-state index in [0.717, 1.165) is 23.5 Å². The van der Waals surface area contributed by atoms with Crippen molar-refractivity contribution in [2.45, 2.75) is 24.3 Å².